The highest BCUT2D eigenvalue weighted by molar-refractivity contribution is 6.29. The Morgan fingerprint density at radius 1 is 0.857 bits per heavy atom. The van der Waals surface area contributed by atoms with Crippen molar-refractivity contribution in [2.45, 2.75) is 13.3 Å². The molecule has 0 spiro atoms. The van der Waals surface area contributed by atoms with E-state index in [2.05, 4.69) is 41.2 Å². The van der Waals surface area contributed by atoms with Crippen LogP contribution in [0.4, 0.5) is 0 Å². The van der Waals surface area contributed by atoms with Crippen LogP contribution in [0.15, 0.2) is 60.7 Å². The molecule has 0 aliphatic carbocycles. The molecule has 0 aliphatic rings. The minimum atomic E-state index is 0.457. The van der Waals surface area contributed by atoms with E-state index >= 15 is 0 Å². The van der Waals surface area contributed by atoms with E-state index in [1.165, 1.54) is 5.56 Å². The average molecular weight is 295 g/mol. The minimum Gasteiger partial charge on any atom is -0.228 e. The Kier molecular flexibility index (Phi) is 3.98. The van der Waals surface area contributed by atoms with Crippen molar-refractivity contribution in [2.24, 2.45) is 0 Å². The lowest BCUT2D eigenvalue weighted by Gasteiger charge is -2.06. The quantitative estimate of drug-likeness (QED) is 0.633. The third-order valence-electron chi connectivity index (χ3n) is 3.38. The van der Waals surface area contributed by atoms with Gasteiger partial charge in [-0.2, -0.15) is 0 Å². The maximum absolute atomic E-state index is 6.16. The Bertz CT molecular complexity index is 737. The highest BCUT2D eigenvalue weighted by Gasteiger charge is 2.07. The van der Waals surface area contributed by atoms with Gasteiger partial charge < -0.3 is 0 Å². The topological polar surface area (TPSA) is 25.8 Å². The molecular formula is C18H15ClN2. The molecule has 104 valence electrons. The van der Waals surface area contributed by atoms with Gasteiger partial charge in [0.15, 0.2) is 5.82 Å². The summed E-state index contributed by atoms with van der Waals surface area (Å²) in [5.41, 5.74) is 4.17. The van der Waals surface area contributed by atoms with Crippen LogP contribution in [0.3, 0.4) is 0 Å². The predicted octanol–water partition coefficient (Wildman–Crippen LogP) is 5.03. The molecule has 0 radical (unpaired) electrons. The summed E-state index contributed by atoms with van der Waals surface area (Å²) in [5.74, 6) is 0.651. The molecule has 0 atom stereocenters. The number of rotatable bonds is 3. The molecule has 0 saturated carbocycles. The number of hydrogen-bond acceptors (Lipinski definition) is 2. The van der Waals surface area contributed by atoms with Gasteiger partial charge in [-0.1, -0.05) is 73.1 Å². The molecule has 3 heteroatoms. The van der Waals surface area contributed by atoms with Gasteiger partial charge in [-0.25, -0.2) is 9.97 Å². The van der Waals surface area contributed by atoms with Crippen molar-refractivity contribution in [1.82, 2.24) is 9.97 Å². The summed E-state index contributed by atoms with van der Waals surface area (Å²) in [7, 11) is 0. The second-order valence-electron chi connectivity index (χ2n) is 4.82. The molecule has 0 saturated heterocycles. The number of aryl methyl sites for hydroxylation is 1. The SMILES string of the molecule is CCc1ccc(-c2cc(Cl)nc(-c3ccccc3)n2)cc1. The van der Waals surface area contributed by atoms with Crippen LogP contribution in [-0.2, 0) is 6.42 Å². The largest absolute Gasteiger partial charge is 0.228 e. The smallest absolute Gasteiger partial charge is 0.161 e. The van der Waals surface area contributed by atoms with E-state index in [4.69, 9.17) is 11.6 Å². The first-order valence-electron chi connectivity index (χ1n) is 6.95. The highest BCUT2D eigenvalue weighted by atomic mass is 35.5. The monoisotopic (exact) mass is 294 g/mol. The van der Waals surface area contributed by atoms with Crippen LogP contribution in [0.25, 0.3) is 22.6 Å². The Hall–Kier alpha value is -2.19. The third-order valence-corrected chi connectivity index (χ3v) is 3.58. The minimum absolute atomic E-state index is 0.457. The predicted molar refractivity (Wildman–Crippen MR) is 87.3 cm³/mol. The first-order valence-corrected chi connectivity index (χ1v) is 7.33. The zero-order valence-electron chi connectivity index (χ0n) is 11.8. The van der Waals surface area contributed by atoms with Crippen molar-refractivity contribution in [2.75, 3.05) is 0 Å². The molecule has 0 fully saturated rings. The van der Waals surface area contributed by atoms with Crippen molar-refractivity contribution in [3.8, 4) is 22.6 Å². The fourth-order valence-corrected chi connectivity index (χ4v) is 2.38. The zero-order chi connectivity index (χ0) is 14.7. The van der Waals surface area contributed by atoms with Gasteiger partial charge in [-0.15, -0.1) is 0 Å². The van der Waals surface area contributed by atoms with Gasteiger partial charge in [0.1, 0.15) is 5.15 Å². The lowest BCUT2D eigenvalue weighted by atomic mass is 10.1. The molecule has 3 aromatic rings. The summed E-state index contributed by atoms with van der Waals surface area (Å²) in [4.78, 5) is 8.95. The first kappa shape index (κ1) is 13.8. The van der Waals surface area contributed by atoms with Crippen molar-refractivity contribution < 1.29 is 0 Å². The normalized spacial score (nSPS) is 10.6. The van der Waals surface area contributed by atoms with Crippen molar-refractivity contribution in [3.63, 3.8) is 0 Å². The lowest BCUT2D eigenvalue weighted by molar-refractivity contribution is 1.14. The van der Waals surface area contributed by atoms with Crippen LogP contribution >= 0.6 is 11.6 Å². The number of nitrogens with zero attached hydrogens (tertiary/aromatic N) is 2. The second kappa shape index (κ2) is 6.06. The van der Waals surface area contributed by atoms with Crippen LogP contribution in [0, 0.1) is 0 Å². The van der Waals surface area contributed by atoms with Gasteiger partial charge in [0, 0.05) is 17.2 Å². The van der Waals surface area contributed by atoms with Gasteiger partial charge in [-0.3, -0.25) is 0 Å². The number of hydrogen-bond donors (Lipinski definition) is 0. The number of benzene rings is 2. The average Bonchev–Trinajstić information content (AvgIpc) is 2.55. The molecule has 3 rings (SSSR count). The highest BCUT2D eigenvalue weighted by Crippen LogP contribution is 2.24. The fraction of sp³-hybridized carbons (Fsp3) is 0.111. The summed E-state index contributed by atoms with van der Waals surface area (Å²) in [5, 5.41) is 0.457. The summed E-state index contributed by atoms with van der Waals surface area (Å²) in [6.07, 6.45) is 1.03. The van der Waals surface area contributed by atoms with Crippen molar-refractivity contribution in [1.29, 1.82) is 0 Å². The number of halogens is 1. The molecule has 2 nitrogen and oxygen atoms in total. The van der Waals surface area contributed by atoms with E-state index in [1.807, 2.05) is 30.3 Å². The standard InChI is InChI=1S/C18H15ClN2/c1-2-13-8-10-14(11-9-13)16-12-17(19)21-18(20-16)15-6-4-3-5-7-15/h3-12H,2H2,1H3. The molecule has 1 aromatic heterocycles. The van der Waals surface area contributed by atoms with Crippen molar-refractivity contribution >= 4 is 11.6 Å². The Morgan fingerprint density at radius 2 is 1.57 bits per heavy atom. The van der Waals surface area contributed by atoms with Gasteiger partial charge >= 0.3 is 0 Å². The van der Waals surface area contributed by atoms with Crippen LogP contribution in [0.2, 0.25) is 5.15 Å². The molecule has 1 heterocycles. The van der Waals surface area contributed by atoms with Crippen LogP contribution < -0.4 is 0 Å². The maximum Gasteiger partial charge on any atom is 0.161 e. The van der Waals surface area contributed by atoms with E-state index in [1.54, 1.807) is 6.07 Å². The molecule has 0 aliphatic heterocycles. The second-order valence-corrected chi connectivity index (χ2v) is 5.20. The maximum atomic E-state index is 6.16. The van der Waals surface area contributed by atoms with Crippen LogP contribution in [0.5, 0.6) is 0 Å². The molecule has 2 aromatic carbocycles. The van der Waals surface area contributed by atoms with Crippen LogP contribution in [0.1, 0.15) is 12.5 Å². The first-order chi connectivity index (χ1) is 10.3. The Balaban J connectivity index is 2.05. The van der Waals surface area contributed by atoms with E-state index in [-0.39, 0.29) is 0 Å². The summed E-state index contributed by atoms with van der Waals surface area (Å²) in [6, 6.07) is 20.1. The zero-order valence-corrected chi connectivity index (χ0v) is 12.5. The Labute approximate surface area is 129 Å². The lowest BCUT2D eigenvalue weighted by Crippen LogP contribution is -1.93. The molecule has 0 bridgehead atoms. The van der Waals surface area contributed by atoms with Gasteiger partial charge in [-0.05, 0) is 12.0 Å². The molecule has 0 unspecified atom stereocenters. The summed E-state index contributed by atoms with van der Waals surface area (Å²) < 4.78 is 0. The molecule has 0 N–H and O–H groups in total. The van der Waals surface area contributed by atoms with Gasteiger partial charge in [0.25, 0.3) is 0 Å². The van der Waals surface area contributed by atoms with Crippen molar-refractivity contribution in [3.05, 3.63) is 71.4 Å². The molecule has 0 amide bonds. The van der Waals surface area contributed by atoms with E-state index in [9.17, 15) is 0 Å². The fourth-order valence-electron chi connectivity index (χ4n) is 2.19. The van der Waals surface area contributed by atoms with E-state index in [0.717, 1.165) is 23.2 Å². The van der Waals surface area contributed by atoms with E-state index < -0.39 is 0 Å². The van der Waals surface area contributed by atoms with Crippen LogP contribution in [-0.4, -0.2) is 9.97 Å². The molecular weight excluding hydrogens is 280 g/mol. The summed E-state index contributed by atoms with van der Waals surface area (Å²) in [6.45, 7) is 2.14. The van der Waals surface area contributed by atoms with Gasteiger partial charge in [0.2, 0.25) is 0 Å². The van der Waals surface area contributed by atoms with E-state index in [0.29, 0.717) is 11.0 Å². The Morgan fingerprint density at radius 3 is 2.24 bits per heavy atom. The number of aromatic nitrogens is 2. The summed E-state index contributed by atoms with van der Waals surface area (Å²) >= 11 is 6.16. The molecule has 21 heavy (non-hydrogen) atoms. The third kappa shape index (κ3) is 3.11. The van der Waals surface area contributed by atoms with Gasteiger partial charge in [0.05, 0.1) is 5.69 Å².